The van der Waals surface area contributed by atoms with Crippen molar-refractivity contribution in [3.8, 4) is 0 Å². The molecule has 2 aliphatic heterocycles. The minimum Gasteiger partial charge on any atom is -0.444 e. The minimum absolute atomic E-state index is 0.164. The average Bonchev–Trinajstić information content (AvgIpc) is 2.68. The standard InChI is InChI=1S/C23H34FN3O3/c1-17(28)19-6-5-7-20(21(19)24)26-10-8-18(9-11-26)16-25-12-14-27(15-13-25)22(29)30-23(2,3)4/h5-7,18H,8-16H2,1-4H3. The molecule has 0 aliphatic carbocycles. The van der Waals surface area contributed by atoms with Crippen molar-refractivity contribution in [2.75, 3.05) is 50.7 Å². The maximum atomic E-state index is 14.7. The number of rotatable bonds is 4. The lowest BCUT2D eigenvalue weighted by Gasteiger charge is -2.39. The van der Waals surface area contributed by atoms with Crippen molar-refractivity contribution in [1.82, 2.24) is 9.80 Å². The predicted octanol–water partition coefficient (Wildman–Crippen LogP) is 3.80. The number of carbonyl (C=O) groups is 2. The summed E-state index contributed by atoms with van der Waals surface area (Å²) in [6.45, 7) is 12.7. The number of carbonyl (C=O) groups excluding carboxylic acids is 2. The van der Waals surface area contributed by atoms with Crippen LogP contribution in [0.5, 0.6) is 0 Å². The molecule has 166 valence electrons. The number of amides is 1. The molecule has 0 atom stereocenters. The highest BCUT2D eigenvalue weighted by molar-refractivity contribution is 5.95. The summed E-state index contributed by atoms with van der Waals surface area (Å²) in [7, 11) is 0. The third-order valence-corrected chi connectivity index (χ3v) is 5.85. The zero-order valence-electron chi connectivity index (χ0n) is 18.6. The van der Waals surface area contributed by atoms with E-state index >= 15 is 0 Å². The Hall–Kier alpha value is -2.15. The molecular formula is C23H34FN3O3. The maximum absolute atomic E-state index is 14.7. The molecule has 6 nitrogen and oxygen atoms in total. The Morgan fingerprint density at radius 3 is 2.27 bits per heavy atom. The molecule has 2 saturated heterocycles. The molecule has 3 rings (SSSR count). The number of ketones is 1. The van der Waals surface area contributed by atoms with Crippen LogP contribution in [0.25, 0.3) is 0 Å². The summed E-state index contributed by atoms with van der Waals surface area (Å²) in [5, 5.41) is 0. The van der Waals surface area contributed by atoms with Gasteiger partial charge in [0, 0.05) is 45.8 Å². The van der Waals surface area contributed by atoms with Gasteiger partial charge in [0.25, 0.3) is 0 Å². The fourth-order valence-electron chi connectivity index (χ4n) is 4.20. The van der Waals surface area contributed by atoms with Crippen LogP contribution in [0, 0.1) is 11.7 Å². The Balaban J connectivity index is 1.46. The van der Waals surface area contributed by atoms with Crippen LogP contribution < -0.4 is 4.90 Å². The number of halogens is 1. The molecule has 0 bridgehead atoms. The number of piperazine rings is 1. The second kappa shape index (κ2) is 9.33. The van der Waals surface area contributed by atoms with Crippen molar-refractivity contribution in [3.63, 3.8) is 0 Å². The van der Waals surface area contributed by atoms with E-state index in [4.69, 9.17) is 4.74 Å². The SMILES string of the molecule is CC(=O)c1cccc(N2CCC(CN3CCN(C(=O)OC(C)(C)C)CC3)CC2)c1F. The van der Waals surface area contributed by atoms with Gasteiger partial charge < -0.3 is 14.5 Å². The van der Waals surface area contributed by atoms with Crippen molar-refractivity contribution >= 4 is 17.6 Å². The average molecular weight is 420 g/mol. The highest BCUT2D eigenvalue weighted by Crippen LogP contribution is 2.28. The van der Waals surface area contributed by atoms with Crippen molar-refractivity contribution in [2.45, 2.75) is 46.1 Å². The normalized spacial score (nSPS) is 19.1. The van der Waals surface area contributed by atoms with Crippen LogP contribution in [-0.2, 0) is 4.74 Å². The van der Waals surface area contributed by atoms with E-state index in [1.807, 2.05) is 20.8 Å². The van der Waals surface area contributed by atoms with E-state index in [0.29, 0.717) is 24.7 Å². The van der Waals surface area contributed by atoms with Gasteiger partial charge in [-0.3, -0.25) is 9.69 Å². The number of Topliss-reactive ketones (excluding diaryl/α,β-unsaturated/α-hetero) is 1. The van der Waals surface area contributed by atoms with Crippen molar-refractivity contribution in [2.24, 2.45) is 5.92 Å². The molecule has 0 spiro atoms. The monoisotopic (exact) mass is 419 g/mol. The Bertz CT molecular complexity index is 761. The lowest BCUT2D eigenvalue weighted by Crippen LogP contribution is -2.51. The van der Waals surface area contributed by atoms with Gasteiger partial charge in [-0.1, -0.05) is 6.07 Å². The molecule has 0 N–H and O–H groups in total. The van der Waals surface area contributed by atoms with Gasteiger partial charge in [-0.2, -0.15) is 0 Å². The summed E-state index contributed by atoms with van der Waals surface area (Å²) in [6, 6.07) is 5.06. The van der Waals surface area contributed by atoms with Crippen LogP contribution >= 0.6 is 0 Å². The number of anilines is 1. The summed E-state index contributed by atoms with van der Waals surface area (Å²) in [5.74, 6) is -0.0788. The van der Waals surface area contributed by atoms with Crippen LogP contribution in [0.4, 0.5) is 14.9 Å². The first-order valence-corrected chi connectivity index (χ1v) is 10.9. The first-order chi connectivity index (χ1) is 14.1. The van der Waals surface area contributed by atoms with E-state index in [1.54, 1.807) is 23.1 Å². The van der Waals surface area contributed by atoms with E-state index in [1.165, 1.54) is 6.92 Å². The maximum Gasteiger partial charge on any atom is 0.410 e. The Kier molecular flexibility index (Phi) is 7.01. The van der Waals surface area contributed by atoms with Gasteiger partial charge in [-0.15, -0.1) is 0 Å². The highest BCUT2D eigenvalue weighted by Gasteiger charge is 2.28. The Morgan fingerprint density at radius 1 is 1.07 bits per heavy atom. The zero-order valence-corrected chi connectivity index (χ0v) is 18.6. The van der Waals surface area contributed by atoms with Crippen LogP contribution in [0.2, 0.25) is 0 Å². The first-order valence-electron chi connectivity index (χ1n) is 10.9. The predicted molar refractivity (Wildman–Crippen MR) is 116 cm³/mol. The molecular weight excluding hydrogens is 385 g/mol. The molecule has 2 heterocycles. The van der Waals surface area contributed by atoms with Crippen molar-refractivity contribution < 1.29 is 18.7 Å². The molecule has 1 amide bonds. The third-order valence-electron chi connectivity index (χ3n) is 5.85. The van der Waals surface area contributed by atoms with Crippen LogP contribution in [0.15, 0.2) is 18.2 Å². The number of hydrogen-bond acceptors (Lipinski definition) is 5. The van der Waals surface area contributed by atoms with Crippen LogP contribution in [-0.4, -0.2) is 73.1 Å². The molecule has 2 aliphatic rings. The summed E-state index contributed by atoms with van der Waals surface area (Å²) >= 11 is 0. The van der Waals surface area contributed by atoms with Crippen LogP contribution in [0.3, 0.4) is 0 Å². The summed E-state index contributed by atoms with van der Waals surface area (Å²) in [5.41, 5.74) is 0.232. The topological polar surface area (TPSA) is 53.1 Å². The second-order valence-electron chi connectivity index (χ2n) is 9.39. The molecule has 1 aromatic rings. The Morgan fingerprint density at radius 2 is 1.70 bits per heavy atom. The second-order valence-corrected chi connectivity index (χ2v) is 9.39. The molecule has 0 unspecified atom stereocenters. The number of piperidine rings is 1. The highest BCUT2D eigenvalue weighted by atomic mass is 19.1. The molecule has 0 aromatic heterocycles. The minimum atomic E-state index is -0.467. The first kappa shape index (κ1) is 22.5. The Labute approximate surface area is 179 Å². The summed E-state index contributed by atoms with van der Waals surface area (Å²) < 4.78 is 20.1. The van der Waals surface area contributed by atoms with E-state index < -0.39 is 11.4 Å². The van der Waals surface area contributed by atoms with Gasteiger partial charge in [0.15, 0.2) is 11.6 Å². The van der Waals surface area contributed by atoms with Crippen molar-refractivity contribution in [3.05, 3.63) is 29.6 Å². The zero-order chi connectivity index (χ0) is 21.9. The van der Waals surface area contributed by atoms with Gasteiger partial charge in [-0.25, -0.2) is 9.18 Å². The number of nitrogens with zero attached hydrogens (tertiary/aromatic N) is 3. The fraction of sp³-hybridized carbons (Fsp3) is 0.652. The van der Waals surface area contributed by atoms with Crippen molar-refractivity contribution in [1.29, 1.82) is 0 Å². The molecule has 2 fully saturated rings. The van der Waals surface area contributed by atoms with Crippen LogP contribution in [0.1, 0.15) is 50.9 Å². The molecule has 0 radical (unpaired) electrons. The van der Waals surface area contributed by atoms with E-state index in [2.05, 4.69) is 9.80 Å². The number of hydrogen-bond donors (Lipinski definition) is 0. The summed E-state index contributed by atoms with van der Waals surface area (Å²) in [4.78, 5) is 30.1. The number of ether oxygens (including phenoxy) is 1. The molecule has 0 saturated carbocycles. The van der Waals surface area contributed by atoms with Gasteiger partial charge in [0.1, 0.15) is 5.60 Å². The fourth-order valence-corrected chi connectivity index (χ4v) is 4.20. The lowest BCUT2D eigenvalue weighted by atomic mass is 9.95. The van der Waals surface area contributed by atoms with Gasteiger partial charge in [0.05, 0.1) is 11.3 Å². The number of benzene rings is 1. The summed E-state index contributed by atoms with van der Waals surface area (Å²) in [6.07, 6.45) is 1.76. The van der Waals surface area contributed by atoms with Gasteiger partial charge in [-0.05, 0) is 58.6 Å². The third kappa shape index (κ3) is 5.72. The van der Waals surface area contributed by atoms with E-state index in [0.717, 1.165) is 45.6 Å². The smallest absolute Gasteiger partial charge is 0.410 e. The quantitative estimate of drug-likeness (QED) is 0.695. The largest absolute Gasteiger partial charge is 0.444 e. The van der Waals surface area contributed by atoms with E-state index in [-0.39, 0.29) is 17.4 Å². The van der Waals surface area contributed by atoms with Gasteiger partial charge in [0.2, 0.25) is 0 Å². The molecule has 7 heteroatoms. The van der Waals surface area contributed by atoms with Gasteiger partial charge >= 0.3 is 6.09 Å². The lowest BCUT2D eigenvalue weighted by molar-refractivity contribution is 0.0130. The molecule has 1 aromatic carbocycles. The van der Waals surface area contributed by atoms with E-state index in [9.17, 15) is 14.0 Å². The molecule has 30 heavy (non-hydrogen) atoms.